The van der Waals surface area contributed by atoms with Crippen LogP contribution in [0.3, 0.4) is 0 Å². The summed E-state index contributed by atoms with van der Waals surface area (Å²) < 4.78 is 19.8. The minimum absolute atomic E-state index is 0.272. The van der Waals surface area contributed by atoms with E-state index in [1.807, 2.05) is 77.8 Å². The summed E-state index contributed by atoms with van der Waals surface area (Å²) >= 11 is 0. The van der Waals surface area contributed by atoms with Crippen LogP contribution in [-0.2, 0) is 0 Å². The molecule has 39 heavy (non-hydrogen) atoms. The Morgan fingerprint density at radius 3 is 2.41 bits per heavy atom. The lowest BCUT2D eigenvalue weighted by Gasteiger charge is -2.35. The number of ether oxygens (including phenoxy) is 1. The second kappa shape index (κ2) is 10.4. The molecule has 1 aliphatic rings. The molecule has 8 heteroatoms. The highest BCUT2D eigenvalue weighted by molar-refractivity contribution is 5.85. The number of anilines is 2. The molecule has 7 nitrogen and oxygen atoms in total. The van der Waals surface area contributed by atoms with E-state index >= 15 is 0 Å². The predicted molar refractivity (Wildman–Crippen MR) is 151 cm³/mol. The van der Waals surface area contributed by atoms with Crippen molar-refractivity contribution < 1.29 is 9.13 Å². The number of fused-ring (bicyclic) bond motifs is 1. The van der Waals surface area contributed by atoms with Crippen LogP contribution in [0, 0.1) is 5.82 Å². The monoisotopic (exact) mass is 516 g/mol. The van der Waals surface area contributed by atoms with Crippen molar-refractivity contribution >= 4 is 17.2 Å². The highest BCUT2D eigenvalue weighted by atomic mass is 19.1. The summed E-state index contributed by atoms with van der Waals surface area (Å²) in [4.78, 5) is 15.1. The maximum absolute atomic E-state index is 13.6. The van der Waals surface area contributed by atoms with Crippen molar-refractivity contribution in [1.29, 1.82) is 0 Å². The molecule has 0 saturated carbocycles. The van der Waals surface area contributed by atoms with Crippen molar-refractivity contribution in [3.63, 3.8) is 0 Å². The first-order valence-corrected chi connectivity index (χ1v) is 12.5. The normalized spacial score (nSPS) is 14.4. The molecular formula is C31H25FN6O. The number of hydrogen-bond acceptors (Lipinski definition) is 7. The fraction of sp³-hybridized carbons (Fsp3) is 0.0645. The summed E-state index contributed by atoms with van der Waals surface area (Å²) in [6.45, 7) is 0. The number of nitrogens with two attached hydrogens (primary N) is 1. The standard InChI is InChI=1S/C31H25FN6O/c1-34-31-36-18-16-28(37-31)26-7-4-17-35-30(26)39-23-14-12-22(13-15-23)38-19-27(20-8-10-21(32)11-9-20)24-5-2-3-6-25(24)29(38)33/h2-19,29H,33H2,1H3,(H,34,36,37). The van der Waals surface area contributed by atoms with Crippen molar-refractivity contribution in [1.82, 2.24) is 15.0 Å². The van der Waals surface area contributed by atoms with Crippen LogP contribution < -0.4 is 20.7 Å². The Labute approximate surface area is 225 Å². The van der Waals surface area contributed by atoms with Gasteiger partial charge in [0, 0.05) is 36.9 Å². The smallest absolute Gasteiger partial charge is 0.228 e. The van der Waals surface area contributed by atoms with Crippen LogP contribution in [0.5, 0.6) is 11.6 Å². The van der Waals surface area contributed by atoms with Gasteiger partial charge in [0.2, 0.25) is 11.8 Å². The van der Waals surface area contributed by atoms with Gasteiger partial charge in [-0.25, -0.2) is 19.3 Å². The van der Waals surface area contributed by atoms with Crippen LogP contribution in [-0.4, -0.2) is 22.0 Å². The van der Waals surface area contributed by atoms with Gasteiger partial charge < -0.3 is 20.7 Å². The molecule has 1 atom stereocenters. The van der Waals surface area contributed by atoms with Gasteiger partial charge in [0.25, 0.3) is 0 Å². The Balaban J connectivity index is 1.31. The summed E-state index contributed by atoms with van der Waals surface area (Å²) in [7, 11) is 1.77. The van der Waals surface area contributed by atoms with Crippen LogP contribution in [0.4, 0.5) is 16.0 Å². The number of rotatable bonds is 6. The number of halogens is 1. The summed E-state index contributed by atoms with van der Waals surface area (Å²) in [5, 5.41) is 2.95. The second-order valence-electron chi connectivity index (χ2n) is 8.96. The maximum atomic E-state index is 13.6. The van der Waals surface area contributed by atoms with E-state index in [0.717, 1.165) is 33.5 Å². The number of aromatic nitrogens is 3. The van der Waals surface area contributed by atoms with E-state index in [1.54, 1.807) is 31.6 Å². The molecule has 0 aliphatic carbocycles. The molecule has 1 aliphatic heterocycles. The zero-order valence-electron chi connectivity index (χ0n) is 21.1. The zero-order valence-corrected chi connectivity index (χ0v) is 21.1. The van der Waals surface area contributed by atoms with Crippen LogP contribution in [0.15, 0.2) is 110 Å². The average Bonchev–Trinajstić information content (AvgIpc) is 2.99. The van der Waals surface area contributed by atoms with E-state index in [9.17, 15) is 4.39 Å². The quantitative estimate of drug-likeness (QED) is 0.271. The first-order chi connectivity index (χ1) is 19.1. The third-order valence-corrected chi connectivity index (χ3v) is 6.57. The molecule has 3 aromatic carbocycles. The molecule has 5 aromatic rings. The summed E-state index contributed by atoms with van der Waals surface area (Å²) in [6.07, 6.45) is 4.99. The van der Waals surface area contributed by atoms with Gasteiger partial charge in [-0.3, -0.25) is 0 Å². The molecule has 0 radical (unpaired) electrons. The summed E-state index contributed by atoms with van der Waals surface area (Å²) in [6, 6.07) is 27.8. The van der Waals surface area contributed by atoms with Gasteiger partial charge in [-0.15, -0.1) is 0 Å². The van der Waals surface area contributed by atoms with Gasteiger partial charge in [0.1, 0.15) is 17.7 Å². The van der Waals surface area contributed by atoms with Crippen molar-refractivity contribution in [2.24, 2.45) is 5.73 Å². The van der Waals surface area contributed by atoms with E-state index in [-0.39, 0.29) is 5.82 Å². The molecule has 1 unspecified atom stereocenters. The van der Waals surface area contributed by atoms with Gasteiger partial charge in [-0.05, 0) is 71.3 Å². The topological polar surface area (TPSA) is 89.2 Å². The second-order valence-corrected chi connectivity index (χ2v) is 8.96. The Morgan fingerprint density at radius 2 is 1.62 bits per heavy atom. The molecule has 3 N–H and O–H groups in total. The van der Waals surface area contributed by atoms with Crippen molar-refractivity contribution in [2.45, 2.75) is 6.17 Å². The van der Waals surface area contributed by atoms with Gasteiger partial charge >= 0.3 is 0 Å². The lowest BCUT2D eigenvalue weighted by Crippen LogP contribution is -2.34. The largest absolute Gasteiger partial charge is 0.438 e. The molecule has 0 spiro atoms. The summed E-state index contributed by atoms with van der Waals surface area (Å²) in [5.41, 5.74) is 13.0. The van der Waals surface area contributed by atoms with Gasteiger partial charge in [-0.1, -0.05) is 36.4 Å². The number of benzene rings is 3. The Morgan fingerprint density at radius 1 is 0.846 bits per heavy atom. The highest BCUT2D eigenvalue weighted by Gasteiger charge is 2.26. The maximum Gasteiger partial charge on any atom is 0.228 e. The average molecular weight is 517 g/mol. The van der Waals surface area contributed by atoms with Gasteiger partial charge in [0.15, 0.2) is 0 Å². The van der Waals surface area contributed by atoms with Gasteiger partial charge in [-0.2, -0.15) is 0 Å². The first kappa shape index (κ1) is 24.3. The first-order valence-electron chi connectivity index (χ1n) is 12.5. The van der Waals surface area contributed by atoms with E-state index in [1.165, 1.54) is 12.1 Å². The SMILES string of the molecule is CNc1nccc(-c2cccnc2Oc2ccc(N3C=C(c4ccc(F)cc4)c4ccccc4C3N)cc2)n1. The zero-order chi connectivity index (χ0) is 26.8. The van der Waals surface area contributed by atoms with E-state index < -0.39 is 6.17 Å². The van der Waals surface area contributed by atoms with Crippen molar-refractivity contribution in [2.75, 3.05) is 17.3 Å². The van der Waals surface area contributed by atoms with Crippen LogP contribution in [0.1, 0.15) is 22.9 Å². The highest BCUT2D eigenvalue weighted by Crippen LogP contribution is 2.39. The lowest BCUT2D eigenvalue weighted by atomic mass is 9.90. The Bertz CT molecular complexity index is 1650. The number of pyridine rings is 1. The van der Waals surface area contributed by atoms with Gasteiger partial charge in [0.05, 0.1) is 11.3 Å². The fourth-order valence-corrected chi connectivity index (χ4v) is 4.63. The van der Waals surface area contributed by atoms with Crippen LogP contribution in [0.25, 0.3) is 16.8 Å². The van der Waals surface area contributed by atoms with E-state index in [0.29, 0.717) is 23.3 Å². The fourth-order valence-electron chi connectivity index (χ4n) is 4.63. The molecule has 192 valence electrons. The lowest BCUT2D eigenvalue weighted by molar-refractivity contribution is 0.464. The predicted octanol–water partition coefficient (Wildman–Crippen LogP) is 6.38. The molecule has 0 saturated heterocycles. The van der Waals surface area contributed by atoms with E-state index in [2.05, 4.69) is 20.3 Å². The third kappa shape index (κ3) is 4.81. The van der Waals surface area contributed by atoms with Crippen molar-refractivity contribution in [3.05, 3.63) is 132 Å². The molecule has 6 rings (SSSR count). The molecule has 2 aromatic heterocycles. The molecule has 3 heterocycles. The number of nitrogens with zero attached hydrogens (tertiary/aromatic N) is 4. The minimum Gasteiger partial charge on any atom is -0.438 e. The van der Waals surface area contributed by atoms with Crippen LogP contribution >= 0.6 is 0 Å². The van der Waals surface area contributed by atoms with Crippen molar-refractivity contribution in [3.8, 4) is 22.9 Å². The number of hydrogen-bond donors (Lipinski definition) is 2. The molecular weight excluding hydrogens is 491 g/mol. The van der Waals surface area contributed by atoms with E-state index in [4.69, 9.17) is 10.5 Å². The molecule has 0 amide bonds. The van der Waals surface area contributed by atoms with Crippen LogP contribution in [0.2, 0.25) is 0 Å². The summed E-state index contributed by atoms with van der Waals surface area (Å²) in [5.74, 6) is 1.30. The Kier molecular flexibility index (Phi) is 6.44. The molecule has 0 bridgehead atoms. The third-order valence-electron chi connectivity index (χ3n) is 6.57. The Hall–Kier alpha value is -5.08. The minimum atomic E-state index is -0.390. The molecule has 0 fully saturated rings. The number of nitrogens with one attached hydrogen (secondary N) is 1.